The SMILES string of the molecule is CCCCCCCCC(=O)OC[C@](O)(C(=O)CCCCCCCC)[C@@H](O)[C@H](O)[C@](O)(C(=O)CCCCCCCC)C(O)C(=O)CCCCCCCC. The Morgan fingerprint density at radius 1 is 0.462 bits per heavy atom. The quantitative estimate of drug-likeness (QED) is 0.0312. The fraction of sp³-hybridized carbons (Fsp3) is 0.905. The van der Waals surface area contributed by atoms with Gasteiger partial charge >= 0.3 is 5.97 Å². The highest BCUT2D eigenvalue weighted by Gasteiger charge is 2.59. The molecule has 10 nitrogen and oxygen atoms in total. The second kappa shape index (κ2) is 30.6. The van der Waals surface area contributed by atoms with Gasteiger partial charge < -0.3 is 30.3 Å². The number of aliphatic hydroxyl groups is 5. The van der Waals surface area contributed by atoms with E-state index in [-0.39, 0.29) is 25.7 Å². The van der Waals surface area contributed by atoms with Gasteiger partial charge in [0.05, 0.1) is 0 Å². The summed E-state index contributed by atoms with van der Waals surface area (Å²) in [7, 11) is 0. The standard InChI is InChI=1S/C42H78O10/c1-5-9-13-17-21-25-29-34(43)38(47)42(51,36(45)31-27-23-19-15-11-7-3)40(49)39(48)41(50,35(44)30-26-22-18-14-10-6-2)33-52-37(46)32-28-24-20-16-12-8-4/h38-40,47-51H,5-33H2,1-4H3/t38?,39-,40-,41-,42-/m0/s1. The lowest BCUT2D eigenvalue weighted by atomic mass is 9.74. The van der Waals surface area contributed by atoms with Gasteiger partial charge in [-0.05, 0) is 25.7 Å². The van der Waals surface area contributed by atoms with Gasteiger partial charge in [0, 0.05) is 25.7 Å². The monoisotopic (exact) mass is 743 g/mol. The fourth-order valence-corrected chi connectivity index (χ4v) is 6.63. The van der Waals surface area contributed by atoms with Crippen LogP contribution in [0.1, 0.15) is 207 Å². The molecule has 306 valence electrons. The summed E-state index contributed by atoms with van der Waals surface area (Å²) in [6, 6.07) is 0. The Bertz CT molecular complexity index is 955. The summed E-state index contributed by atoms with van der Waals surface area (Å²) in [4.78, 5) is 53.2. The van der Waals surface area contributed by atoms with Gasteiger partial charge in [0.25, 0.3) is 0 Å². The summed E-state index contributed by atoms with van der Waals surface area (Å²) in [5.74, 6) is -3.58. The number of unbranched alkanes of at least 4 members (excludes halogenated alkanes) is 20. The first kappa shape index (κ1) is 50.3. The first-order valence-corrected chi connectivity index (χ1v) is 21.1. The average molecular weight is 743 g/mol. The molecule has 10 heteroatoms. The molecule has 52 heavy (non-hydrogen) atoms. The number of hydrogen-bond donors (Lipinski definition) is 5. The number of carbonyl (C=O) groups is 4. The second-order valence-electron chi connectivity index (χ2n) is 15.1. The van der Waals surface area contributed by atoms with Gasteiger partial charge in [-0.3, -0.25) is 19.2 Å². The molecule has 0 rings (SSSR count). The molecule has 0 spiro atoms. The third kappa shape index (κ3) is 19.6. The maximum Gasteiger partial charge on any atom is 0.305 e. The van der Waals surface area contributed by atoms with E-state index < -0.39 is 59.4 Å². The predicted molar refractivity (Wildman–Crippen MR) is 206 cm³/mol. The maximum absolute atomic E-state index is 13.7. The number of carbonyl (C=O) groups excluding carboxylic acids is 4. The van der Waals surface area contributed by atoms with Crippen molar-refractivity contribution in [3.8, 4) is 0 Å². The van der Waals surface area contributed by atoms with E-state index >= 15 is 0 Å². The molecule has 1 unspecified atom stereocenters. The maximum atomic E-state index is 13.7. The molecule has 0 amide bonds. The summed E-state index contributed by atoms with van der Waals surface area (Å²) in [6.07, 6.45) is 12.1. The van der Waals surface area contributed by atoms with Crippen molar-refractivity contribution < 1.29 is 49.4 Å². The molecule has 0 aliphatic rings. The van der Waals surface area contributed by atoms with Crippen molar-refractivity contribution >= 4 is 23.3 Å². The van der Waals surface area contributed by atoms with Gasteiger partial charge in [-0.2, -0.15) is 0 Å². The molecule has 0 saturated carbocycles. The summed E-state index contributed by atoms with van der Waals surface area (Å²) in [5, 5.41) is 57.9. The van der Waals surface area contributed by atoms with E-state index in [0.717, 1.165) is 109 Å². The number of aliphatic hydroxyl groups excluding tert-OH is 3. The van der Waals surface area contributed by atoms with Crippen molar-refractivity contribution in [2.75, 3.05) is 6.61 Å². The highest BCUT2D eigenvalue weighted by molar-refractivity contribution is 5.97. The Labute approximate surface area is 315 Å². The molecule has 0 bridgehead atoms. The minimum atomic E-state index is -3.21. The molecule has 5 N–H and O–H groups in total. The Morgan fingerprint density at radius 2 is 0.808 bits per heavy atom. The topological polar surface area (TPSA) is 179 Å². The van der Waals surface area contributed by atoms with E-state index in [9.17, 15) is 44.7 Å². The molecule has 0 fully saturated rings. The van der Waals surface area contributed by atoms with Crippen LogP contribution in [0, 0.1) is 0 Å². The summed E-state index contributed by atoms with van der Waals surface area (Å²) in [5.41, 5.74) is -6.12. The molecule has 0 aromatic carbocycles. The highest BCUT2D eigenvalue weighted by Crippen LogP contribution is 2.31. The van der Waals surface area contributed by atoms with Crippen molar-refractivity contribution in [3.05, 3.63) is 0 Å². The van der Waals surface area contributed by atoms with Crippen LogP contribution < -0.4 is 0 Å². The summed E-state index contributed by atoms with van der Waals surface area (Å²) >= 11 is 0. The van der Waals surface area contributed by atoms with Gasteiger partial charge in [0.1, 0.15) is 18.8 Å². The van der Waals surface area contributed by atoms with Crippen LogP contribution in [0.2, 0.25) is 0 Å². The van der Waals surface area contributed by atoms with Gasteiger partial charge in [0.2, 0.25) is 0 Å². The van der Waals surface area contributed by atoms with Gasteiger partial charge in [-0.25, -0.2) is 0 Å². The summed E-state index contributed by atoms with van der Waals surface area (Å²) < 4.78 is 5.30. The lowest BCUT2D eigenvalue weighted by molar-refractivity contribution is -0.219. The normalized spacial score (nSPS) is 15.7. The Kier molecular flexibility index (Phi) is 29.6. The van der Waals surface area contributed by atoms with Gasteiger partial charge in [-0.1, -0.05) is 156 Å². The second-order valence-corrected chi connectivity index (χ2v) is 15.1. The molecule has 0 heterocycles. The number of ketones is 3. The van der Waals surface area contributed by atoms with Crippen LogP contribution >= 0.6 is 0 Å². The summed E-state index contributed by atoms with van der Waals surface area (Å²) in [6.45, 7) is 7.35. The molecule has 0 aromatic rings. The van der Waals surface area contributed by atoms with Crippen molar-refractivity contribution in [3.63, 3.8) is 0 Å². The van der Waals surface area contributed by atoms with Crippen LogP contribution in [0.4, 0.5) is 0 Å². The fourth-order valence-electron chi connectivity index (χ4n) is 6.63. The third-order valence-corrected chi connectivity index (χ3v) is 10.4. The van der Waals surface area contributed by atoms with E-state index in [0.29, 0.717) is 44.9 Å². The van der Waals surface area contributed by atoms with Crippen LogP contribution in [0.3, 0.4) is 0 Å². The Morgan fingerprint density at radius 3 is 1.23 bits per heavy atom. The first-order valence-electron chi connectivity index (χ1n) is 21.1. The molecule has 0 radical (unpaired) electrons. The number of Topliss-reactive ketones (excluding diaryl/α,β-unsaturated/α-hetero) is 3. The molecule has 0 saturated heterocycles. The molecular formula is C42H78O10. The van der Waals surface area contributed by atoms with Gasteiger partial charge in [-0.15, -0.1) is 0 Å². The zero-order valence-corrected chi connectivity index (χ0v) is 33.5. The van der Waals surface area contributed by atoms with Crippen molar-refractivity contribution in [1.82, 2.24) is 0 Å². The minimum Gasteiger partial charge on any atom is -0.462 e. The first-order chi connectivity index (χ1) is 24.9. The van der Waals surface area contributed by atoms with Crippen molar-refractivity contribution in [1.29, 1.82) is 0 Å². The van der Waals surface area contributed by atoms with E-state index in [2.05, 4.69) is 27.7 Å². The van der Waals surface area contributed by atoms with Crippen LogP contribution in [0.25, 0.3) is 0 Å². The Balaban J connectivity index is 6.17. The van der Waals surface area contributed by atoms with Crippen LogP contribution in [-0.2, 0) is 23.9 Å². The van der Waals surface area contributed by atoms with E-state index in [1.807, 2.05) is 0 Å². The number of ether oxygens (including phenoxy) is 1. The molecule has 0 aliphatic carbocycles. The van der Waals surface area contributed by atoms with Crippen LogP contribution in [0.15, 0.2) is 0 Å². The number of esters is 1. The largest absolute Gasteiger partial charge is 0.462 e. The van der Waals surface area contributed by atoms with Crippen molar-refractivity contribution in [2.45, 2.75) is 237 Å². The average Bonchev–Trinajstić information content (AvgIpc) is 3.14. The van der Waals surface area contributed by atoms with Crippen molar-refractivity contribution in [2.24, 2.45) is 0 Å². The third-order valence-electron chi connectivity index (χ3n) is 10.4. The number of rotatable bonds is 37. The van der Waals surface area contributed by atoms with E-state index in [1.165, 1.54) is 0 Å². The zero-order valence-electron chi connectivity index (χ0n) is 33.5. The number of hydrogen-bond acceptors (Lipinski definition) is 10. The minimum absolute atomic E-state index is 0.0266. The van der Waals surface area contributed by atoms with E-state index in [1.54, 1.807) is 0 Å². The van der Waals surface area contributed by atoms with Gasteiger partial charge in [0.15, 0.2) is 34.7 Å². The zero-order chi connectivity index (χ0) is 39.3. The smallest absolute Gasteiger partial charge is 0.305 e. The lowest BCUT2D eigenvalue weighted by Gasteiger charge is -2.41. The van der Waals surface area contributed by atoms with Crippen LogP contribution in [-0.4, -0.2) is 85.0 Å². The Hall–Kier alpha value is -1.72. The molecule has 0 aliphatic heterocycles. The lowest BCUT2D eigenvalue weighted by Crippen LogP contribution is -2.69. The molecular weight excluding hydrogens is 664 g/mol. The highest BCUT2D eigenvalue weighted by atomic mass is 16.5. The van der Waals surface area contributed by atoms with Crippen LogP contribution in [0.5, 0.6) is 0 Å². The molecule has 0 aromatic heterocycles. The van der Waals surface area contributed by atoms with E-state index in [4.69, 9.17) is 4.74 Å². The predicted octanol–water partition coefficient (Wildman–Crippen LogP) is 7.78. The molecule has 5 atom stereocenters.